The first-order valence-corrected chi connectivity index (χ1v) is 15.5. The Morgan fingerprint density at radius 3 is 1.52 bits per heavy atom. The molecule has 0 atom stereocenters. The van der Waals surface area contributed by atoms with E-state index in [9.17, 15) is 4.79 Å². The first kappa shape index (κ1) is 32.1. The SMILES string of the molecule is C=CCCCOc1ccc(-c2ccc(C(=O)OCCCCCCCCOc3ccc(-c4ccc(C#N)cc4)cc3)cc2)cc1. The van der Waals surface area contributed by atoms with Gasteiger partial charge in [0.2, 0.25) is 0 Å². The third kappa shape index (κ3) is 10.5. The number of nitrogens with zero attached hydrogens (tertiary/aromatic N) is 1. The lowest BCUT2D eigenvalue weighted by molar-refractivity contribution is 0.0497. The largest absolute Gasteiger partial charge is 0.494 e. The van der Waals surface area contributed by atoms with Crippen LogP contribution in [0, 0.1) is 11.3 Å². The van der Waals surface area contributed by atoms with Gasteiger partial charge in [-0.05, 0) is 96.5 Å². The molecule has 0 bridgehead atoms. The van der Waals surface area contributed by atoms with Crippen LogP contribution in [0.2, 0.25) is 0 Å². The molecule has 0 heterocycles. The Balaban J connectivity index is 1.03. The van der Waals surface area contributed by atoms with E-state index in [0.29, 0.717) is 30.9 Å². The third-order valence-corrected chi connectivity index (χ3v) is 7.37. The van der Waals surface area contributed by atoms with Gasteiger partial charge in [-0.1, -0.05) is 80.3 Å². The van der Waals surface area contributed by atoms with Crippen molar-refractivity contribution >= 4 is 5.97 Å². The molecule has 0 aliphatic carbocycles. The maximum absolute atomic E-state index is 12.5. The summed E-state index contributed by atoms with van der Waals surface area (Å²) in [6.07, 6.45) is 10.1. The Morgan fingerprint density at radius 1 is 0.591 bits per heavy atom. The van der Waals surface area contributed by atoms with Crippen molar-refractivity contribution in [2.24, 2.45) is 0 Å². The van der Waals surface area contributed by atoms with Crippen LogP contribution in [0.1, 0.15) is 67.3 Å². The van der Waals surface area contributed by atoms with Crippen LogP contribution in [0.3, 0.4) is 0 Å². The molecule has 0 amide bonds. The lowest BCUT2D eigenvalue weighted by Gasteiger charge is -2.08. The lowest BCUT2D eigenvalue weighted by atomic mass is 10.0. The maximum Gasteiger partial charge on any atom is 0.338 e. The number of carbonyl (C=O) groups is 1. The van der Waals surface area contributed by atoms with Crippen molar-refractivity contribution in [1.29, 1.82) is 5.26 Å². The Bertz CT molecular complexity index is 1470. The van der Waals surface area contributed by atoms with Crippen LogP contribution < -0.4 is 9.47 Å². The summed E-state index contributed by atoms with van der Waals surface area (Å²) in [5.41, 5.74) is 5.53. The third-order valence-electron chi connectivity index (χ3n) is 7.37. The van der Waals surface area contributed by atoms with E-state index in [1.54, 1.807) is 0 Å². The second kappa shape index (κ2) is 18.0. The fraction of sp³-hybridized carbons (Fsp3) is 0.282. The molecule has 0 spiro atoms. The average molecular weight is 588 g/mol. The van der Waals surface area contributed by atoms with Gasteiger partial charge < -0.3 is 14.2 Å². The minimum Gasteiger partial charge on any atom is -0.494 e. The Kier molecular flexibility index (Phi) is 13.1. The van der Waals surface area contributed by atoms with Crippen molar-refractivity contribution in [2.45, 2.75) is 51.4 Å². The van der Waals surface area contributed by atoms with Crippen molar-refractivity contribution in [3.05, 3.63) is 121 Å². The summed E-state index contributed by atoms with van der Waals surface area (Å²) in [7, 11) is 0. The highest BCUT2D eigenvalue weighted by molar-refractivity contribution is 5.90. The quantitative estimate of drug-likeness (QED) is 0.0658. The number of carbonyl (C=O) groups excluding carboxylic acids is 1. The second-order valence-corrected chi connectivity index (χ2v) is 10.7. The van der Waals surface area contributed by atoms with Gasteiger partial charge in [0, 0.05) is 0 Å². The first-order chi connectivity index (χ1) is 21.7. The van der Waals surface area contributed by atoms with Gasteiger partial charge >= 0.3 is 5.97 Å². The molecule has 0 N–H and O–H groups in total. The Labute approximate surface area is 261 Å². The van der Waals surface area contributed by atoms with E-state index in [-0.39, 0.29) is 5.97 Å². The number of ether oxygens (including phenoxy) is 3. The molecule has 5 heteroatoms. The Hall–Kier alpha value is -4.82. The molecule has 4 aromatic rings. The average Bonchev–Trinajstić information content (AvgIpc) is 3.08. The van der Waals surface area contributed by atoms with Crippen LogP contribution in [0.5, 0.6) is 11.5 Å². The first-order valence-electron chi connectivity index (χ1n) is 15.5. The highest BCUT2D eigenvalue weighted by Gasteiger charge is 2.08. The molecule has 4 rings (SSSR count). The van der Waals surface area contributed by atoms with E-state index < -0.39 is 0 Å². The molecule has 5 nitrogen and oxygen atoms in total. The second-order valence-electron chi connectivity index (χ2n) is 10.7. The van der Waals surface area contributed by atoms with Crippen LogP contribution in [0.15, 0.2) is 110 Å². The van der Waals surface area contributed by atoms with Crippen LogP contribution in [0.4, 0.5) is 0 Å². The zero-order valence-electron chi connectivity index (χ0n) is 25.4. The molecule has 0 saturated heterocycles. The minimum absolute atomic E-state index is 0.276. The fourth-order valence-corrected chi connectivity index (χ4v) is 4.79. The molecule has 226 valence electrons. The van der Waals surface area contributed by atoms with Crippen LogP contribution >= 0.6 is 0 Å². The standard InChI is InChI=1S/C39H41NO4/c1-2-3-8-27-42-37-25-21-35(22-26-37)33-15-17-36(18-16-33)39(41)44-29-10-7-5-4-6-9-28-43-38-23-19-34(20-24-38)32-13-11-31(30-40)12-14-32/h2,11-26H,1,3-10,27-29H2. The summed E-state index contributed by atoms with van der Waals surface area (Å²) < 4.78 is 17.1. The van der Waals surface area contributed by atoms with Gasteiger partial charge in [-0.3, -0.25) is 0 Å². The number of hydrogen-bond acceptors (Lipinski definition) is 5. The van der Waals surface area contributed by atoms with E-state index >= 15 is 0 Å². The van der Waals surface area contributed by atoms with Gasteiger partial charge in [0.1, 0.15) is 11.5 Å². The summed E-state index contributed by atoms with van der Waals surface area (Å²) in [6, 6.07) is 33.4. The minimum atomic E-state index is -0.276. The summed E-state index contributed by atoms with van der Waals surface area (Å²) in [4.78, 5) is 12.5. The van der Waals surface area contributed by atoms with Crippen molar-refractivity contribution in [3.8, 4) is 39.8 Å². The molecule has 44 heavy (non-hydrogen) atoms. The summed E-state index contributed by atoms with van der Waals surface area (Å²) in [5.74, 6) is 1.45. The monoisotopic (exact) mass is 587 g/mol. The molecule has 0 aliphatic heterocycles. The smallest absolute Gasteiger partial charge is 0.338 e. The Morgan fingerprint density at radius 2 is 1.02 bits per heavy atom. The molecule has 4 aromatic carbocycles. The van der Waals surface area contributed by atoms with Gasteiger partial charge in [0.25, 0.3) is 0 Å². The molecule has 0 radical (unpaired) electrons. The van der Waals surface area contributed by atoms with Gasteiger partial charge in [0.05, 0.1) is 37.0 Å². The van der Waals surface area contributed by atoms with Gasteiger partial charge in [0.15, 0.2) is 0 Å². The topological polar surface area (TPSA) is 68.6 Å². The molecular formula is C39H41NO4. The number of hydrogen-bond donors (Lipinski definition) is 0. The van der Waals surface area contributed by atoms with E-state index in [1.165, 1.54) is 0 Å². The predicted octanol–water partition coefficient (Wildman–Crippen LogP) is 9.81. The molecule has 0 aromatic heterocycles. The zero-order chi connectivity index (χ0) is 30.8. The molecular weight excluding hydrogens is 546 g/mol. The number of allylic oxidation sites excluding steroid dienone is 1. The fourth-order valence-electron chi connectivity index (χ4n) is 4.79. The van der Waals surface area contributed by atoms with Crippen molar-refractivity contribution in [1.82, 2.24) is 0 Å². The summed E-state index contributed by atoms with van der Waals surface area (Å²) >= 11 is 0. The number of unbranched alkanes of at least 4 members (excludes halogenated alkanes) is 6. The van der Waals surface area contributed by atoms with Crippen LogP contribution in [0.25, 0.3) is 22.3 Å². The van der Waals surface area contributed by atoms with E-state index in [1.807, 2.05) is 103 Å². The maximum atomic E-state index is 12.5. The molecule has 0 fully saturated rings. The predicted molar refractivity (Wildman–Crippen MR) is 177 cm³/mol. The van der Waals surface area contributed by atoms with Gasteiger partial charge in [-0.2, -0.15) is 5.26 Å². The highest BCUT2D eigenvalue weighted by atomic mass is 16.5. The van der Waals surface area contributed by atoms with E-state index in [0.717, 1.165) is 85.1 Å². The lowest BCUT2D eigenvalue weighted by Crippen LogP contribution is -2.06. The van der Waals surface area contributed by atoms with Crippen LogP contribution in [-0.4, -0.2) is 25.8 Å². The van der Waals surface area contributed by atoms with Gasteiger partial charge in [-0.25, -0.2) is 4.79 Å². The van der Waals surface area contributed by atoms with Gasteiger partial charge in [-0.15, -0.1) is 6.58 Å². The number of nitriles is 1. The summed E-state index contributed by atoms with van der Waals surface area (Å²) in [5, 5.41) is 8.95. The van der Waals surface area contributed by atoms with E-state index in [2.05, 4.69) is 12.6 Å². The van der Waals surface area contributed by atoms with E-state index in [4.69, 9.17) is 19.5 Å². The highest BCUT2D eigenvalue weighted by Crippen LogP contribution is 2.24. The number of benzene rings is 4. The number of rotatable bonds is 18. The normalized spacial score (nSPS) is 10.5. The van der Waals surface area contributed by atoms with Crippen molar-refractivity contribution in [3.63, 3.8) is 0 Å². The van der Waals surface area contributed by atoms with Crippen LogP contribution in [-0.2, 0) is 4.74 Å². The molecule has 0 unspecified atom stereocenters. The number of esters is 1. The molecule has 0 saturated carbocycles. The van der Waals surface area contributed by atoms with Crippen molar-refractivity contribution < 1.29 is 19.0 Å². The summed E-state index contributed by atoms with van der Waals surface area (Å²) in [6.45, 7) is 5.54. The van der Waals surface area contributed by atoms with Crippen molar-refractivity contribution in [2.75, 3.05) is 19.8 Å². The zero-order valence-corrected chi connectivity index (χ0v) is 25.4. The molecule has 0 aliphatic rings.